The van der Waals surface area contributed by atoms with Crippen LogP contribution >= 0.6 is 0 Å². The second kappa shape index (κ2) is 4.64. The van der Waals surface area contributed by atoms with E-state index in [0.717, 1.165) is 0 Å². The summed E-state index contributed by atoms with van der Waals surface area (Å²) in [7, 11) is 1.45. The Morgan fingerprint density at radius 3 is 2.69 bits per heavy atom. The van der Waals surface area contributed by atoms with E-state index in [9.17, 15) is 8.87 Å². The van der Waals surface area contributed by atoms with E-state index in [-0.39, 0.29) is 12.2 Å². The van der Waals surface area contributed by atoms with E-state index in [1.807, 2.05) is 0 Å². The van der Waals surface area contributed by atoms with Crippen LogP contribution in [-0.4, -0.2) is 20.3 Å². The highest BCUT2D eigenvalue weighted by Gasteiger charge is 2.09. The second-order valence-corrected chi connectivity index (χ2v) is 2.45. The number of benzene rings is 1. The molecule has 0 aliphatic heterocycles. The van der Waals surface area contributed by atoms with Crippen LogP contribution in [0.3, 0.4) is 0 Å². The maximum atomic E-state index is 13.1. The third-order valence-corrected chi connectivity index (χ3v) is 1.63. The zero-order chi connectivity index (χ0) is 9.68. The minimum absolute atomic E-state index is 0.252. The number of anilines is 1. The summed E-state index contributed by atoms with van der Waals surface area (Å²) < 4.78 is 29.8. The Morgan fingerprint density at radius 1 is 1.38 bits per heavy atom. The summed E-state index contributed by atoms with van der Waals surface area (Å²) in [4.78, 5) is 0. The average Bonchev–Trinajstić information content (AvgIpc) is 2.18. The number of nitrogens with zero attached hydrogens (tertiary/aromatic N) is 1. The van der Waals surface area contributed by atoms with Crippen LogP contribution in [0.5, 0.6) is 5.75 Å². The Bertz CT molecular complexity index is 268. The van der Waals surface area contributed by atoms with Gasteiger partial charge in [0.25, 0.3) is 0 Å². The van der Waals surface area contributed by atoms with Crippen LogP contribution in [0.2, 0.25) is 0 Å². The molecule has 0 bridgehead atoms. The summed E-state index contributed by atoms with van der Waals surface area (Å²) in [5.74, 6) is 0.401. The predicted molar refractivity (Wildman–Crippen MR) is 47.4 cm³/mol. The first-order valence-electron chi connectivity index (χ1n) is 3.92. The van der Waals surface area contributed by atoms with Gasteiger partial charge in [-0.25, -0.2) is 9.51 Å². The molecular weight excluding hydrogens is 176 g/mol. The maximum absolute atomic E-state index is 13.1. The van der Waals surface area contributed by atoms with Crippen molar-refractivity contribution >= 4 is 5.69 Å². The smallest absolute Gasteiger partial charge is 0.144 e. The van der Waals surface area contributed by atoms with Crippen molar-refractivity contribution in [2.24, 2.45) is 0 Å². The third kappa shape index (κ3) is 2.31. The first-order chi connectivity index (χ1) is 6.29. The van der Waals surface area contributed by atoms with E-state index in [1.54, 1.807) is 18.2 Å². The minimum Gasteiger partial charge on any atom is -0.494 e. The van der Waals surface area contributed by atoms with Crippen molar-refractivity contribution < 1.29 is 13.6 Å². The topological polar surface area (TPSA) is 12.5 Å². The standard InChI is InChI=1S/C9H11F2NO/c1-13-9-5-3-2-4-8(9)12(11)7-6-10/h2-5H,6-7H2,1H3. The van der Waals surface area contributed by atoms with Crippen molar-refractivity contribution in [2.45, 2.75) is 0 Å². The number of para-hydroxylation sites is 2. The van der Waals surface area contributed by atoms with Gasteiger partial charge in [-0.05, 0) is 12.1 Å². The monoisotopic (exact) mass is 187 g/mol. The van der Waals surface area contributed by atoms with Crippen molar-refractivity contribution in [2.75, 3.05) is 25.5 Å². The molecule has 0 saturated carbocycles. The zero-order valence-corrected chi connectivity index (χ0v) is 7.34. The molecule has 0 saturated heterocycles. The van der Waals surface area contributed by atoms with Gasteiger partial charge in [-0.15, -0.1) is 0 Å². The van der Waals surface area contributed by atoms with E-state index in [0.29, 0.717) is 10.9 Å². The number of ether oxygens (including phenoxy) is 1. The van der Waals surface area contributed by atoms with Gasteiger partial charge in [0.15, 0.2) is 0 Å². The molecular formula is C9H11F2NO. The molecule has 4 heteroatoms. The molecule has 0 aromatic heterocycles. The first-order valence-corrected chi connectivity index (χ1v) is 3.92. The lowest BCUT2D eigenvalue weighted by atomic mass is 10.3. The molecule has 1 aromatic rings. The third-order valence-electron chi connectivity index (χ3n) is 1.63. The fourth-order valence-electron chi connectivity index (χ4n) is 1.02. The van der Waals surface area contributed by atoms with E-state index < -0.39 is 6.67 Å². The van der Waals surface area contributed by atoms with Crippen LogP contribution in [0, 0.1) is 0 Å². The number of alkyl halides is 1. The molecule has 0 N–H and O–H groups in total. The summed E-state index contributed by atoms with van der Waals surface area (Å²) in [6.07, 6.45) is 0. The fourth-order valence-corrected chi connectivity index (χ4v) is 1.02. The quantitative estimate of drug-likeness (QED) is 0.671. The number of rotatable bonds is 4. The largest absolute Gasteiger partial charge is 0.494 e. The Labute approximate surface area is 75.7 Å². The molecule has 0 aliphatic rings. The zero-order valence-electron chi connectivity index (χ0n) is 7.34. The lowest BCUT2D eigenvalue weighted by Crippen LogP contribution is -2.15. The molecule has 0 amide bonds. The van der Waals surface area contributed by atoms with Gasteiger partial charge in [-0.3, -0.25) is 0 Å². The molecule has 1 rings (SSSR count). The van der Waals surface area contributed by atoms with Crippen LogP contribution < -0.4 is 9.86 Å². The lowest BCUT2D eigenvalue weighted by molar-refractivity contribution is 0.368. The molecule has 0 spiro atoms. The lowest BCUT2D eigenvalue weighted by Gasteiger charge is -2.14. The molecule has 0 unspecified atom stereocenters. The van der Waals surface area contributed by atoms with Crippen LogP contribution in [0.15, 0.2) is 24.3 Å². The highest BCUT2D eigenvalue weighted by atomic mass is 19.2. The van der Waals surface area contributed by atoms with Gasteiger partial charge in [0.2, 0.25) is 0 Å². The normalized spacial score (nSPS) is 9.77. The molecule has 13 heavy (non-hydrogen) atoms. The summed E-state index contributed by atoms with van der Waals surface area (Å²) in [6, 6.07) is 6.56. The van der Waals surface area contributed by atoms with Gasteiger partial charge in [0, 0.05) is 0 Å². The Morgan fingerprint density at radius 2 is 2.08 bits per heavy atom. The van der Waals surface area contributed by atoms with Gasteiger partial charge in [-0.2, -0.15) is 0 Å². The maximum Gasteiger partial charge on any atom is 0.144 e. The van der Waals surface area contributed by atoms with Crippen molar-refractivity contribution in [3.8, 4) is 5.75 Å². The molecule has 72 valence electrons. The molecule has 0 radical (unpaired) electrons. The Kier molecular flexibility index (Phi) is 3.49. The molecule has 0 atom stereocenters. The van der Waals surface area contributed by atoms with Crippen LogP contribution in [0.1, 0.15) is 0 Å². The Balaban J connectivity index is 2.85. The van der Waals surface area contributed by atoms with Gasteiger partial charge >= 0.3 is 0 Å². The van der Waals surface area contributed by atoms with Crippen molar-refractivity contribution in [1.29, 1.82) is 0 Å². The van der Waals surface area contributed by atoms with Crippen molar-refractivity contribution in [3.05, 3.63) is 24.3 Å². The average molecular weight is 187 g/mol. The van der Waals surface area contributed by atoms with Gasteiger partial charge in [-0.1, -0.05) is 16.6 Å². The van der Waals surface area contributed by atoms with Gasteiger partial charge in [0.05, 0.1) is 13.7 Å². The molecule has 0 aliphatic carbocycles. The SMILES string of the molecule is COc1ccccc1N(F)CCF. The number of halogens is 2. The summed E-state index contributed by atoms with van der Waals surface area (Å²) in [5.41, 5.74) is 0.252. The van der Waals surface area contributed by atoms with Crippen LogP contribution in [0.4, 0.5) is 14.6 Å². The minimum atomic E-state index is -0.728. The van der Waals surface area contributed by atoms with E-state index in [4.69, 9.17) is 4.74 Å². The van der Waals surface area contributed by atoms with E-state index >= 15 is 0 Å². The van der Waals surface area contributed by atoms with Crippen LogP contribution in [-0.2, 0) is 0 Å². The first kappa shape index (κ1) is 9.77. The van der Waals surface area contributed by atoms with Crippen molar-refractivity contribution in [3.63, 3.8) is 0 Å². The summed E-state index contributed by atoms with van der Waals surface area (Å²) in [5, 5.41) is 0.332. The number of methoxy groups -OCH3 is 1. The second-order valence-electron chi connectivity index (χ2n) is 2.45. The van der Waals surface area contributed by atoms with Crippen LogP contribution in [0.25, 0.3) is 0 Å². The van der Waals surface area contributed by atoms with E-state index in [1.165, 1.54) is 13.2 Å². The van der Waals surface area contributed by atoms with Gasteiger partial charge < -0.3 is 4.74 Å². The molecule has 2 nitrogen and oxygen atoms in total. The predicted octanol–water partition coefficient (Wildman–Crippen LogP) is 2.36. The highest BCUT2D eigenvalue weighted by Crippen LogP contribution is 2.27. The van der Waals surface area contributed by atoms with Gasteiger partial charge in [0.1, 0.15) is 18.1 Å². The van der Waals surface area contributed by atoms with Crippen molar-refractivity contribution in [1.82, 2.24) is 0 Å². The fraction of sp³-hybridized carbons (Fsp3) is 0.333. The summed E-state index contributed by atoms with van der Waals surface area (Å²) in [6.45, 7) is -1.01. The van der Waals surface area contributed by atoms with E-state index in [2.05, 4.69) is 0 Å². The number of hydrogen-bond acceptors (Lipinski definition) is 2. The molecule has 1 aromatic carbocycles. The molecule has 0 fully saturated rings. The highest BCUT2D eigenvalue weighted by molar-refractivity contribution is 5.56. The summed E-state index contributed by atoms with van der Waals surface area (Å²) >= 11 is 0. The number of hydrogen-bond donors (Lipinski definition) is 0. The Hall–Kier alpha value is -1.32. The molecule has 0 heterocycles.